The third-order valence-corrected chi connectivity index (χ3v) is 2.53. The summed E-state index contributed by atoms with van der Waals surface area (Å²) in [6.07, 6.45) is 1.17. The van der Waals surface area contributed by atoms with Crippen molar-refractivity contribution in [1.82, 2.24) is 9.97 Å². The molecule has 2 rings (SSSR count). The molecule has 2 N–H and O–H groups in total. The Morgan fingerprint density at radius 3 is 3.14 bits per heavy atom. The number of carbonyl (C=O) groups excluding carboxylic acids is 1. The van der Waals surface area contributed by atoms with Gasteiger partial charge in [-0.05, 0) is 0 Å². The van der Waals surface area contributed by atoms with Gasteiger partial charge in [0, 0.05) is 0 Å². The fourth-order valence-electron chi connectivity index (χ4n) is 0.970. The predicted molar refractivity (Wildman–Crippen MR) is 48.3 cm³/mol. The van der Waals surface area contributed by atoms with E-state index in [0.29, 0.717) is 5.03 Å². The number of anilines is 1. The van der Waals surface area contributed by atoms with Gasteiger partial charge >= 0.3 is 5.97 Å². The summed E-state index contributed by atoms with van der Waals surface area (Å²) in [4.78, 5) is 29.1. The first-order valence-corrected chi connectivity index (χ1v) is 4.68. The molecular formula is C7H5N3O3S. The Balaban J connectivity index is 2.42. The van der Waals surface area contributed by atoms with Gasteiger partial charge in [-0.15, -0.1) is 0 Å². The number of carboxylic acids is 1. The number of hydrogen-bond donors (Lipinski definition) is 2. The number of amides is 1. The van der Waals surface area contributed by atoms with Gasteiger partial charge in [0.1, 0.15) is 5.03 Å². The molecule has 0 saturated heterocycles. The second kappa shape index (κ2) is 3.26. The van der Waals surface area contributed by atoms with Crippen LogP contribution in [0.2, 0.25) is 0 Å². The number of fused-ring (bicyclic) bond motifs is 1. The molecule has 0 saturated carbocycles. The summed E-state index contributed by atoms with van der Waals surface area (Å²) in [6, 6.07) is 0. The van der Waals surface area contributed by atoms with Crippen molar-refractivity contribution < 1.29 is 14.7 Å². The molecule has 0 atom stereocenters. The minimum Gasteiger partial charge on any atom is -0.476 e. The number of nitrogens with zero attached hydrogens (tertiary/aromatic N) is 2. The summed E-state index contributed by atoms with van der Waals surface area (Å²) in [6.45, 7) is 0. The lowest BCUT2D eigenvalue weighted by Gasteiger charge is -2.13. The van der Waals surface area contributed by atoms with Gasteiger partial charge < -0.3 is 10.4 Å². The summed E-state index contributed by atoms with van der Waals surface area (Å²) in [7, 11) is 0. The first kappa shape index (κ1) is 8.95. The number of carbonyl (C=O) groups is 2. The topological polar surface area (TPSA) is 92.2 Å². The fourth-order valence-corrected chi connectivity index (χ4v) is 1.67. The van der Waals surface area contributed by atoms with Gasteiger partial charge in [-0.1, -0.05) is 11.8 Å². The lowest BCUT2D eigenvalue weighted by molar-refractivity contribution is -0.113. The minimum atomic E-state index is -1.16. The molecule has 0 bridgehead atoms. The highest BCUT2D eigenvalue weighted by Gasteiger charge is 2.19. The molecule has 0 aromatic carbocycles. The van der Waals surface area contributed by atoms with Crippen LogP contribution in [0.25, 0.3) is 0 Å². The molecule has 1 aromatic heterocycles. The van der Waals surface area contributed by atoms with E-state index in [-0.39, 0.29) is 23.2 Å². The predicted octanol–water partition coefficient (Wildman–Crippen LogP) is 0.219. The zero-order valence-electron chi connectivity index (χ0n) is 6.85. The molecule has 1 amide bonds. The van der Waals surface area contributed by atoms with Gasteiger partial charge in [-0.2, -0.15) is 0 Å². The van der Waals surface area contributed by atoms with Crippen LogP contribution in [0.4, 0.5) is 5.82 Å². The lowest BCUT2D eigenvalue weighted by atomic mass is 10.4. The van der Waals surface area contributed by atoms with Crippen LogP contribution in [0.15, 0.2) is 11.2 Å². The minimum absolute atomic E-state index is 0.174. The van der Waals surface area contributed by atoms with E-state index >= 15 is 0 Å². The van der Waals surface area contributed by atoms with Crippen LogP contribution in [0.5, 0.6) is 0 Å². The first-order valence-electron chi connectivity index (χ1n) is 3.70. The number of thioether (sulfide) groups is 1. The summed E-state index contributed by atoms with van der Waals surface area (Å²) in [5.41, 5.74) is -0.174. The Hall–Kier alpha value is -1.63. The van der Waals surface area contributed by atoms with E-state index in [2.05, 4.69) is 15.3 Å². The van der Waals surface area contributed by atoms with Crippen molar-refractivity contribution in [2.75, 3.05) is 11.1 Å². The number of nitrogens with one attached hydrogen (secondary N) is 1. The van der Waals surface area contributed by atoms with E-state index < -0.39 is 5.97 Å². The molecule has 0 fully saturated rings. The highest BCUT2D eigenvalue weighted by Crippen LogP contribution is 2.27. The Labute approximate surface area is 82.7 Å². The van der Waals surface area contributed by atoms with Crippen LogP contribution < -0.4 is 5.32 Å². The van der Waals surface area contributed by atoms with E-state index in [4.69, 9.17) is 5.11 Å². The maximum absolute atomic E-state index is 11.0. The van der Waals surface area contributed by atoms with E-state index in [1.165, 1.54) is 18.0 Å². The van der Waals surface area contributed by atoms with E-state index in [0.717, 1.165) is 0 Å². The van der Waals surface area contributed by atoms with Crippen LogP contribution in [-0.2, 0) is 4.79 Å². The highest BCUT2D eigenvalue weighted by atomic mass is 32.2. The van der Waals surface area contributed by atoms with Crippen LogP contribution in [-0.4, -0.2) is 32.7 Å². The van der Waals surface area contributed by atoms with Crippen LogP contribution in [0.1, 0.15) is 10.5 Å². The molecule has 0 spiro atoms. The van der Waals surface area contributed by atoms with Crippen molar-refractivity contribution in [1.29, 1.82) is 0 Å². The molecule has 0 aliphatic carbocycles. The van der Waals surface area contributed by atoms with Crippen LogP contribution in [0, 0.1) is 0 Å². The van der Waals surface area contributed by atoms with E-state index in [9.17, 15) is 9.59 Å². The lowest BCUT2D eigenvalue weighted by Crippen LogP contribution is -2.21. The molecule has 6 nitrogen and oxygen atoms in total. The Bertz CT molecular complexity index is 421. The number of aromatic nitrogens is 2. The van der Waals surface area contributed by atoms with Gasteiger partial charge in [-0.3, -0.25) is 4.79 Å². The number of hydrogen-bond acceptors (Lipinski definition) is 5. The molecule has 1 aliphatic rings. The Morgan fingerprint density at radius 2 is 2.43 bits per heavy atom. The number of rotatable bonds is 1. The average molecular weight is 211 g/mol. The quantitative estimate of drug-likeness (QED) is 0.690. The zero-order chi connectivity index (χ0) is 10.1. The Morgan fingerprint density at radius 1 is 1.64 bits per heavy atom. The summed E-state index contributed by atoms with van der Waals surface area (Å²) in [5.74, 6) is -0.843. The SMILES string of the molecule is O=C1CSc2ncc(C(=O)O)nc2N1. The van der Waals surface area contributed by atoms with Crippen molar-refractivity contribution in [3.8, 4) is 0 Å². The molecule has 7 heteroatoms. The smallest absolute Gasteiger partial charge is 0.356 e. The summed E-state index contributed by atoms with van der Waals surface area (Å²) < 4.78 is 0. The van der Waals surface area contributed by atoms with Crippen LogP contribution in [0.3, 0.4) is 0 Å². The second-order valence-electron chi connectivity index (χ2n) is 2.55. The molecule has 1 aliphatic heterocycles. The highest BCUT2D eigenvalue weighted by molar-refractivity contribution is 8.00. The molecule has 72 valence electrons. The Kier molecular flexibility index (Phi) is 2.08. The standard InChI is InChI=1S/C7H5N3O3S/c11-4-2-14-6-5(10-4)9-3(1-8-6)7(12)13/h1H,2H2,(H,12,13)(H,9,10,11). The van der Waals surface area contributed by atoms with Crippen LogP contribution >= 0.6 is 11.8 Å². The normalized spacial score (nSPS) is 14.4. The molecular weight excluding hydrogens is 206 g/mol. The number of aromatic carboxylic acids is 1. The number of carboxylic acid groups (broad SMARTS) is 1. The molecule has 1 aromatic rings. The molecule has 14 heavy (non-hydrogen) atoms. The van der Waals surface area contributed by atoms with Gasteiger partial charge in [0.25, 0.3) is 0 Å². The summed E-state index contributed by atoms with van der Waals surface area (Å²) in [5, 5.41) is 11.6. The van der Waals surface area contributed by atoms with Gasteiger partial charge in [0.05, 0.1) is 11.9 Å². The average Bonchev–Trinajstić information content (AvgIpc) is 2.16. The second-order valence-corrected chi connectivity index (χ2v) is 3.52. The first-order chi connectivity index (χ1) is 6.66. The largest absolute Gasteiger partial charge is 0.476 e. The molecule has 0 unspecified atom stereocenters. The maximum atomic E-state index is 11.0. The fraction of sp³-hybridized carbons (Fsp3) is 0.143. The van der Waals surface area contributed by atoms with Crippen molar-refractivity contribution in [2.45, 2.75) is 5.03 Å². The van der Waals surface area contributed by atoms with Gasteiger partial charge in [-0.25, -0.2) is 14.8 Å². The monoisotopic (exact) mass is 211 g/mol. The van der Waals surface area contributed by atoms with Gasteiger partial charge in [0.15, 0.2) is 11.5 Å². The van der Waals surface area contributed by atoms with Crippen molar-refractivity contribution >= 4 is 29.5 Å². The van der Waals surface area contributed by atoms with E-state index in [1.807, 2.05) is 0 Å². The van der Waals surface area contributed by atoms with Gasteiger partial charge in [0.2, 0.25) is 5.91 Å². The van der Waals surface area contributed by atoms with Crippen molar-refractivity contribution in [2.24, 2.45) is 0 Å². The zero-order valence-corrected chi connectivity index (χ0v) is 7.67. The third kappa shape index (κ3) is 1.53. The van der Waals surface area contributed by atoms with Crippen molar-refractivity contribution in [3.63, 3.8) is 0 Å². The van der Waals surface area contributed by atoms with Crippen molar-refractivity contribution in [3.05, 3.63) is 11.9 Å². The molecule has 2 heterocycles. The third-order valence-electron chi connectivity index (χ3n) is 1.56. The molecule has 0 radical (unpaired) electrons. The maximum Gasteiger partial charge on any atom is 0.356 e. The summed E-state index contributed by atoms with van der Waals surface area (Å²) >= 11 is 1.24. The van der Waals surface area contributed by atoms with E-state index in [1.54, 1.807) is 0 Å².